The molecule has 0 bridgehead atoms. The van der Waals surface area contributed by atoms with E-state index in [4.69, 9.17) is 4.74 Å². The number of morpholine rings is 1. The van der Waals surface area contributed by atoms with Crippen LogP contribution >= 0.6 is 15.9 Å². The fourth-order valence-electron chi connectivity index (χ4n) is 1.69. The van der Waals surface area contributed by atoms with Crippen molar-refractivity contribution in [2.75, 3.05) is 24.7 Å². The molecule has 3 nitrogen and oxygen atoms in total. The highest BCUT2D eigenvalue weighted by molar-refractivity contribution is 9.10. The van der Waals surface area contributed by atoms with Gasteiger partial charge in [-0.1, -0.05) is 15.9 Å². The van der Waals surface area contributed by atoms with Crippen LogP contribution in [0.1, 0.15) is 0 Å². The van der Waals surface area contributed by atoms with Gasteiger partial charge in [0.25, 0.3) is 0 Å². The molecule has 1 aromatic rings. The van der Waals surface area contributed by atoms with E-state index in [0.29, 0.717) is 13.2 Å². The van der Waals surface area contributed by atoms with Crippen molar-refractivity contribution in [2.45, 2.75) is 6.04 Å². The fourth-order valence-corrected chi connectivity index (χ4v) is 1.95. The molecule has 4 heteroatoms. The second-order valence-electron chi connectivity index (χ2n) is 3.45. The summed E-state index contributed by atoms with van der Waals surface area (Å²) in [5.41, 5.74) is 1.07. The highest BCUT2D eigenvalue weighted by atomic mass is 79.9. The van der Waals surface area contributed by atoms with Gasteiger partial charge in [0.1, 0.15) is 12.3 Å². The van der Waals surface area contributed by atoms with Crippen molar-refractivity contribution in [1.29, 1.82) is 0 Å². The van der Waals surface area contributed by atoms with Crippen molar-refractivity contribution in [1.82, 2.24) is 0 Å². The number of benzene rings is 1. The Morgan fingerprint density at radius 2 is 2.13 bits per heavy atom. The number of rotatable bonds is 2. The number of hydrogen-bond donors (Lipinski definition) is 0. The first kappa shape index (κ1) is 10.6. The number of halogens is 1. The third-order valence-corrected chi connectivity index (χ3v) is 3.01. The van der Waals surface area contributed by atoms with Crippen molar-refractivity contribution in [3.63, 3.8) is 0 Å². The lowest BCUT2D eigenvalue weighted by atomic mass is 10.2. The number of nitrogens with zero attached hydrogens (tertiary/aromatic N) is 1. The van der Waals surface area contributed by atoms with Crippen LogP contribution < -0.4 is 4.90 Å². The standard InChI is InChI=1S/C11H12BrNO2/c12-9-1-3-10(4-2-9)13-5-6-15-8-11(13)7-14/h1-4,7,11H,5-6,8H2. The molecule has 1 aromatic carbocycles. The lowest BCUT2D eigenvalue weighted by molar-refractivity contribution is -0.111. The van der Waals surface area contributed by atoms with Crippen LogP contribution in [0.4, 0.5) is 5.69 Å². The SMILES string of the molecule is O=CC1COCCN1c1ccc(Br)cc1. The Hall–Kier alpha value is -0.870. The topological polar surface area (TPSA) is 29.5 Å². The van der Waals surface area contributed by atoms with Crippen molar-refractivity contribution in [3.05, 3.63) is 28.7 Å². The molecule has 0 radical (unpaired) electrons. The molecule has 1 aliphatic heterocycles. The van der Waals surface area contributed by atoms with Gasteiger partial charge >= 0.3 is 0 Å². The Balaban J connectivity index is 2.20. The minimum atomic E-state index is -0.153. The van der Waals surface area contributed by atoms with Gasteiger partial charge < -0.3 is 14.4 Å². The molecule has 1 aliphatic rings. The zero-order valence-corrected chi connectivity index (χ0v) is 9.81. The van der Waals surface area contributed by atoms with Gasteiger partial charge in [0, 0.05) is 16.7 Å². The maximum Gasteiger partial charge on any atom is 0.144 e. The number of carbonyl (C=O) groups excluding carboxylic acids is 1. The second-order valence-corrected chi connectivity index (χ2v) is 4.36. The molecule has 1 unspecified atom stereocenters. The van der Waals surface area contributed by atoms with E-state index in [-0.39, 0.29) is 6.04 Å². The average molecular weight is 270 g/mol. The van der Waals surface area contributed by atoms with E-state index in [9.17, 15) is 4.79 Å². The lowest BCUT2D eigenvalue weighted by Crippen LogP contribution is -2.46. The fraction of sp³-hybridized carbons (Fsp3) is 0.364. The molecule has 0 N–H and O–H groups in total. The third kappa shape index (κ3) is 2.38. The minimum absolute atomic E-state index is 0.153. The number of ether oxygens (including phenoxy) is 1. The summed E-state index contributed by atoms with van der Waals surface area (Å²) in [6, 6.07) is 7.82. The zero-order valence-electron chi connectivity index (χ0n) is 8.23. The minimum Gasteiger partial charge on any atom is -0.377 e. The Labute approximate surface area is 97.2 Å². The normalized spacial score (nSPS) is 21.4. The molecule has 15 heavy (non-hydrogen) atoms. The molecule has 2 rings (SSSR count). The van der Waals surface area contributed by atoms with E-state index in [1.807, 2.05) is 24.3 Å². The molecule has 80 valence electrons. The molecule has 1 atom stereocenters. The summed E-state index contributed by atoms with van der Waals surface area (Å²) < 4.78 is 6.31. The molecular formula is C11H12BrNO2. The maximum absolute atomic E-state index is 10.9. The zero-order chi connectivity index (χ0) is 10.7. The predicted octanol–water partition coefficient (Wildman–Crippen LogP) is 1.85. The molecule has 1 fully saturated rings. The van der Waals surface area contributed by atoms with E-state index in [0.717, 1.165) is 23.0 Å². The largest absolute Gasteiger partial charge is 0.377 e. The van der Waals surface area contributed by atoms with Crippen molar-refractivity contribution < 1.29 is 9.53 Å². The van der Waals surface area contributed by atoms with E-state index in [1.54, 1.807) is 0 Å². The predicted molar refractivity (Wildman–Crippen MR) is 62.2 cm³/mol. The van der Waals surface area contributed by atoms with Gasteiger partial charge in [-0.2, -0.15) is 0 Å². The summed E-state index contributed by atoms with van der Waals surface area (Å²) in [5.74, 6) is 0. The number of anilines is 1. The van der Waals surface area contributed by atoms with Crippen LogP contribution in [0.2, 0.25) is 0 Å². The van der Waals surface area contributed by atoms with Crippen LogP contribution in [0.25, 0.3) is 0 Å². The summed E-state index contributed by atoms with van der Waals surface area (Å²) in [7, 11) is 0. The van der Waals surface area contributed by atoms with E-state index < -0.39 is 0 Å². The molecular weight excluding hydrogens is 258 g/mol. The summed E-state index contributed by atoms with van der Waals surface area (Å²) in [4.78, 5) is 13.0. The van der Waals surface area contributed by atoms with Gasteiger partial charge in [0.2, 0.25) is 0 Å². The van der Waals surface area contributed by atoms with E-state index in [2.05, 4.69) is 20.8 Å². The van der Waals surface area contributed by atoms with Crippen LogP contribution in [-0.2, 0) is 9.53 Å². The average Bonchev–Trinajstić information content (AvgIpc) is 2.30. The smallest absolute Gasteiger partial charge is 0.144 e. The Bertz CT molecular complexity index is 339. The van der Waals surface area contributed by atoms with Crippen molar-refractivity contribution in [3.8, 4) is 0 Å². The Morgan fingerprint density at radius 1 is 1.40 bits per heavy atom. The number of carbonyl (C=O) groups is 1. The van der Waals surface area contributed by atoms with Gasteiger partial charge in [-0.15, -0.1) is 0 Å². The molecule has 0 aliphatic carbocycles. The highest BCUT2D eigenvalue weighted by Crippen LogP contribution is 2.21. The van der Waals surface area contributed by atoms with Crippen molar-refractivity contribution in [2.24, 2.45) is 0 Å². The molecule has 1 saturated heterocycles. The Morgan fingerprint density at radius 3 is 2.80 bits per heavy atom. The van der Waals surface area contributed by atoms with Crippen molar-refractivity contribution >= 4 is 27.9 Å². The quantitative estimate of drug-likeness (QED) is 0.768. The van der Waals surface area contributed by atoms with E-state index in [1.165, 1.54) is 0 Å². The lowest BCUT2D eigenvalue weighted by Gasteiger charge is -2.34. The summed E-state index contributed by atoms with van der Waals surface area (Å²) >= 11 is 3.39. The van der Waals surface area contributed by atoms with Gasteiger partial charge in [-0.25, -0.2) is 0 Å². The summed E-state index contributed by atoms with van der Waals surface area (Å²) in [6.07, 6.45) is 0.946. The van der Waals surface area contributed by atoms with Crippen LogP contribution in [0.3, 0.4) is 0 Å². The van der Waals surface area contributed by atoms with E-state index >= 15 is 0 Å². The number of hydrogen-bond acceptors (Lipinski definition) is 3. The summed E-state index contributed by atoms with van der Waals surface area (Å²) in [6.45, 7) is 1.94. The van der Waals surface area contributed by atoms with Crippen LogP contribution in [-0.4, -0.2) is 32.1 Å². The summed E-state index contributed by atoms with van der Waals surface area (Å²) in [5, 5.41) is 0. The molecule has 0 aromatic heterocycles. The second kappa shape index (κ2) is 4.77. The van der Waals surface area contributed by atoms with Gasteiger partial charge in [0.05, 0.1) is 13.2 Å². The van der Waals surface area contributed by atoms with Crippen LogP contribution in [0.15, 0.2) is 28.7 Å². The molecule has 1 heterocycles. The molecule has 0 spiro atoms. The third-order valence-electron chi connectivity index (χ3n) is 2.48. The van der Waals surface area contributed by atoms with Gasteiger partial charge in [-0.05, 0) is 24.3 Å². The van der Waals surface area contributed by atoms with Crippen LogP contribution in [0.5, 0.6) is 0 Å². The number of aldehydes is 1. The van der Waals surface area contributed by atoms with Gasteiger partial charge in [-0.3, -0.25) is 0 Å². The van der Waals surface area contributed by atoms with Crippen LogP contribution in [0, 0.1) is 0 Å². The highest BCUT2D eigenvalue weighted by Gasteiger charge is 2.22. The first-order valence-corrected chi connectivity index (χ1v) is 5.66. The monoisotopic (exact) mass is 269 g/mol. The first-order chi connectivity index (χ1) is 7.31. The van der Waals surface area contributed by atoms with Gasteiger partial charge in [0.15, 0.2) is 0 Å². The Kier molecular flexibility index (Phi) is 3.38. The molecule has 0 saturated carbocycles. The maximum atomic E-state index is 10.9. The molecule has 0 amide bonds. The first-order valence-electron chi connectivity index (χ1n) is 4.86.